The van der Waals surface area contributed by atoms with Gasteiger partial charge in [-0.3, -0.25) is 0 Å². The molecule has 0 fully saturated rings. The molecule has 0 radical (unpaired) electrons. The predicted molar refractivity (Wildman–Crippen MR) is 119 cm³/mol. The molecule has 0 aromatic heterocycles. The summed E-state index contributed by atoms with van der Waals surface area (Å²) in [6.07, 6.45) is 0. The Bertz CT molecular complexity index is 769. The summed E-state index contributed by atoms with van der Waals surface area (Å²) in [5, 5.41) is 18.1. The summed E-state index contributed by atoms with van der Waals surface area (Å²) in [6, 6.07) is 31.1. The van der Waals surface area contributed by atoms with Gasteiger partial charge in [0.25, 0.3) is 0 Å². The van der Waals surface area contributed by atoms with Crippen LogP contribution in [-0.4, -0.2) is 10.2 Å². The molecule has 3 heteroatoms. The fourth-order valence-corrected chi connectivity index (χ4v) is 2.25. The van der Waals surface area contributed by atoms with E-state index < -0.39 is 0 Å². The molecule has 0 heterocycles. The van der Waals surface area contributed by atoms with Crippen molar-refractivity contribution in [1.29, 1.82) is 0 Å². The molecule has 0 atom stereocenters. The minimum atomic E-state index is 0. The van der Waals surface area contributed by atoms with Crippen molar-refractivity contribution < 1.29 is 36.4 Å². The van der Waals surface area contributed by atoms with Gasteiger partial charge in [-0.15, -0.1) is 0 Å². The summed E-state index contributed by atoms with van der Waals surface area (Å²) >= 11 is 0. The van der Waals surface area contributed by atoms with Crippen LogP contribution in [0.1, 0.15) is 22.3 Å². The normalized spacial score (nSPS) is 8.69. The smallest absolute Gasteiger partial charge is 0.508 e. The van der Waals surface area contributed by atoms with Gasteiger partial charge in [0.2, 0.25) is 0 Å². The van der Waals surface area contributed by atoms with Crippen LogP contribution in [0, 0.1) is 27.7 Å². The van der Waals surface area contributed by atoms with Gasteiger partial charge in [-0.1, -0.05) is 35.4 Å². The first-order chi connectivity index (χ1) is 13.4. The first kappa shape index (κ1) is 26.6. The summed E-state index contributed by atoms with van der Waals surface area (Å²) in [5.74, 6) is 0.751. The van der Waals surface area contributed by atoms with Crippen molar-refractivity contribution >= 4 is 0 Å². The molecular formula is C26H30O2Zr. The maximum Gasteiger partial charge on any atom is 2.00 e. The van der Waals surface area contributed by atoms with E-state index >= 15 is 0 Å². The average molecular weight is 466 g/mol. The molecule has 2 N–H and O–H groups in total. The van der Waals surface area contributed by atoms with Gasteiger partial charge in [-0.05, 0) is 51.0 Å². The van der Waals surface area contributed by atoms with E-state index in [1.54, 1.807) is 12.1 Å². The number of benzene rings is 2. The molecule has 4 rings (SSSR count). The molecule has 2 nitrogen and oxygen atoms in total. The molecule has 29 heavy (non-hydrogen) atoms. The number of aryl methyl sites for hydroxylation is 4. The third-order valence-electron chi connectivity index (χ3n) is 3.82. The SMILES string of the molecule is Cc1ccc(O)c(C)c1.Cc1ccc(O)c(C)c1.[Zr+2].c1cc[cH-]c1.c1cc[cH-]c1. The molecule has 0 bridgehead atoms. The molecule has 0 spiro atoms. The second-order valence-corrected chi connectivity index (χ2v) is 6.50. The Morgan fingerprint density at radius 2 is 0.862 bits per heavy atom. The Morgan fingerprint density at radius 1 is 0.552 bits per heavy atom. The van der Waals surface area contributed by atoms with E-state index in [0.29, 0.717) is 11.5 Å². The number of phenolic OH excluding ortho intramolecular Hbond substituents is 2. The van der Waals surface area contributed by atoms with Crippen LogP contribution < -0.4 is 0 Å². The fourth-order valence-electron chi connectivity index (χ4n) is 2.25. The molecule has 4 aromatic carbocycles. The molecule has 0 aliphatic rings. The van der Waals surface area contributed by atoms with Gasteiger partial charge in [-0.2, -0.15) is 36.4 Å². The molecule has 0 saturated carbocycles. The first-order valence-corrected chi connectivity index (χ1v) is 9.26. The maximum absolute atomic E-state index is 9.04. The van der Waals surface area contributed by atoms with Crippen molar-refractivity contribution in [2.45, 2.75) is 27.7 Å². The second-order valence-electron chi connectivity index (χ2n) is 6.50. The van der Waals surface area contributed by atoms with Crippen LogP contribution in [0.25, 0.3) is 0 Å². The van der Waals surface area contributed by atoms with E-state index in [2.05, 4.69) is 0 Å². The standard InChI is InChI=1S/2C8H10O.2C5H5.Zr/c2*1-6-3-4-8(9)7(2)5-6;2*1-2-4-5-3-1;/h2*3-5,9H,1-2H3;2*1-5H;/q;;2*-1;+2. The van der Waals surface area contributed by atoms with Gasteiger partial charge in [0.1, 0.15) is 11.5 Å². The summed E-state index contributed by atoms with van der Waals surface area (Å²) in [7, 11) is 0. The molecule has 0 aliphatic carbocycles. The van der Waals surface area contributed by atoms with Gasteiger partial charge in [0.15, 0.2) is 0 Å². The van der Waals surface area contributed by atoms with E-state index in [-0.39, 0.29) is 26.2 Å². The van der Waals surface area contributed by atoms with E-state index in [4.69, 9.17) is 10.2 Å². The number of phenols is 2. The summed E-state index contributed by atoms with van der Waals surface area (Å²) in [5.41, 5.74) is 4.25. The molecule has 0 aliphatic heterocycles. The van der Waals surface area contributed by atoms with Crippen LogP contribution in [0.4, 0.5) is 0 Å². The quantitative estimate of drug-likeness (QED) is 0.280. The Balaban J connectivity index is 0.000000369. The van der Waals surface area contributed by atoms with Crippen LogP contribution in [-0.2, 0) is 26.2 Å². The monoisotopic (exact) mass is 464 g/mol. The summed E-state index contributed by atoms with van der Waals surface area (Å²) < 4.78 is 0. The Labute approximate surface area is 194 Å². The zero-order chi connectivity index (χ0) is 20.8. The topological polar surface area (TPSA) is 40.5 Å². The van der Waals surface area contributed by atoms with Crippen LogP contribution in [0.3, 0.4) is 0 Å². The second kappa shape index (κ2) is 15.5. The van der Waals surface area contributed by atoms with Gasteiger partial charge in [0, 0.05) is 0 Å². The minimum absolute atomic E-state index is 0. The van der Waals surface area contributed by atoms with Crippen molar-refractivity contribution in [2.24, 2.45) is 0 Å². The molecule has 0 saturated heterocycles. The van der Waals surface area contributed by atoms with Gasteiger partial charge in [-0.25, -0.2) is 24.3 Å². The number of rotatable bonds is 0. The molecule has 0 amide bonds. The molecule has 0 unspecified atom stereocenters. The number of aromatic hydroxyl groups is 2. The van der Waals surface area contributed by atoms with Gasteiger partial charge >= 0.3 is 26.2 Å². The molecular weight excluding hydrogens is 436 g/mol. The summed E-state index contributed by atoms with van der Waals surface area (Å²) in [6.45, 7) is 7.80. The number of hydrogen-bond donors (Lipinski definition) is 2. The predicted octanol–water partition coefficient (Wildman–Crippen LogP) is 6.83. The van der Waals surface area contributed by atoms with Gasteiger partial charge in [0.05, 0.1) is 0 Å². The van der Waals surface area contributed by atoms with Crippen LogP contribution >= 0.6 is 0 Å². The molecule has 150 valence electrons. The van der Waals surface area contributed by atoms with Crippen LogP contribution in [0.15, 0.2) is 97.1 Å². The molecule has 4 aromatic rings. The van der Waals surface area contributed by atoms with E-state index in [1.807, 2.05) is 113 Å². The first-order valence-electron chi connectivity index (χ1n) is 9.26. The number of hydrogen-bond acceptors (Lipinski definition) is 2. The van der Waals surface area contributed by atoms with E-state index in [1.165, 1.54) is 11.1 Å². The Morgan fingerprint density at radius 3 is 1.03 bits per heavy atom. The third kappa shape index (κ3) is 12.6. The van der Waals surface area contributed by atoms with E-state index in [9.17, 15) is 0 Å². The maximum atomic E-state index is 9.04. The zero-order valence-electron chi connectivity index (χ0n) is 17.6. The van der Waals surface area contributed by atoms with E-state index in [0.717, 1.165) is 11.1 Å². The van der Waals surface area contributed by atoms with Gasteiger partial charge < -0.3 is 10.2 Å². The average Bonchev–Trinajstić information content (AvgIpc) is 3.41. The third-order valence-corrected chi connectivity index (χ3v) is 3.82. The largest absolute Gasteiger partial charge is 2.00 e. The zero-order valence-corrected chi connectivity index (χ0v) is 20.1. The Kier molecular flexibility index (Phi) is 14.3. The van der Waals surface area contributed by atoms with Crippen molar-refractivity contribution in [2.75, 3.05) is 0 Å². The minimum Gasteiger partial charge on any atom is -0.508 e. The van der Waals surface area contributed by atoms with Crippen molar-refractivity contribution in [1.82, 2.24) is 0 Å². The van der Waals surface area contributed by atoms with Crippen molar-refractivity contribution in [3.05, 3.63) is 119 Å². The summed E-state index contributed by atoms with van der Waals surface area (Å²) in [4.78, 5) is 0. The van der Waals surface area contributed by atoms with Crippen LogP contribution in [0.2, 0.25) is 0 Å². The van der Waals surface area contributed by atoms with Crippen molar-refractivity contribution in [3.63, 3.8) is 0 Å². The van der Waals surface area contributed by atoms with Crippen LogP contribution in [0.5, 0.6) is 11.5 Å². The fraction of sp³-hybridized carbons (Fsp3) is 0.154. The van der Waals surface area contributed by atoms with Crippen molar-refractivity contribution in [3.8, 4) is 11.5 Å². The Hall–Kier alpha value is -2.38.